The second-order valence-electron chi connectivity index (χ2n) is 3.54. The Morgan fingerprint density at radius 1 is 1.65 bits per heavy atom. The molecule has 17 heavy (non-hydrogen) atoms. The quantitative estimate of drug-likeness (QED) is 0.832. The zero-order valence-corrected chi connectivity index (χ0v) is 10.3. The third kappa shape index (κ3) is 3.47. The molecule has 6 nitrogen and oxygen atoms in total. The van der Waals surface area contributed by atoms with Crippen LogP contribution in [-0.4, -0.2) is 27.7 Å². The lowest BCUT2D eigenvalue weighted by atomic mass is 10.3. The van der Waals surface area contributed by atoms with Gasteiger partial charge in [0.2, 0.25) is 0 Å². The number of nitrogens with two attached hydrogens (primary N) is 1. The number of fused-ring (bicyclic) bond motifs is 1. The summed E-state index contributed by atoms with van der Waals surface area (Å²) < 4.78 is 34.5. The van der Waals surface area contributed by atoms with Gasteiger partial charge in [-0.3, -0.25) is 0 Å². The average molecular weight is 281 g/mol. The first-order chi connectivity index (χ1) is 7.94. The highest BCUT2D eigenvalue weighted by atomic mass is 35.5. The van der Waals surface area contributed by atoms with Gasteiger partial charge in [0.15, 0.2) is 11.5 Å². The van der Waals surface area contributed by atoms with E-state index in [0.29, 0.717) is 16.5 Å². The Hall–Kier alpha value is -1.02. The van der Waals surface area contributed by atoms with E-state index in [4.69, 9.17) is 26.2 Å². The molecule has 0 amide bonds. The van der Waals surface area contributed by atoms with Crippen LogP contribution in [-0.2, 0) is 10.2 Å². The van der Waals surface area contributed by atoms with Crippen molar-refractivity contribution in [2.24, 2.45) is 5.14 Å². The third-order valence-electron chi connectivity index (χ3n) is 2.14. The van der Waals surface area contributed by atoms with E-state index in [9.17, 15) is 8.42 Å². The molecule has 1 aliphatic rings. The summed E-state index contributed by atoms with van der Waals surface area (Å²) in [5.41, 5.74) is 0. The van der Waals surface area contributed by atoms with E-state index in [2.05, 4.69) is 4.72 Å². The first kappa shape index (κ1) is 12.4. The van der Waals surface area contributed by atoms with Crippen molar-refractivity contribution in [3.05, 3.63) is 23.2 Å². The van der Waals surface area contributed by atoms with Crippen molar-refractivity contribution in [2.75, 3.05) is 13.2 Å². The van der Waals surface area contributed by atoms with Gasteiger partial charge in [0.1, 0.15) is 12.7 Å². The third-order valence-corrected chi connectivity index (χ3v) is 2.94. The highest BCUT2D eigenvalue weighted by molar-refractivity contribution is 7.87. The molecular weight excluding hydrogens is 270 g/mol. The van der Waals surface area contributed by atoms with Crippen molar-refractivity contribution in [3.8, 4) is 11.5 Å². The van der Waals surface area contributed by atoms with Crippen molar-refractivity contribution in [3.63, 3.8) is 0 Å². The summed E-state index contributed by atoms with van der Waals surface area (Å²) >= 11 is 5.79. The maximum absolute atomic E-state index is 10.7. The SMILES string of the molecule is NS(=O)(=O)NCC1COc2cc(Cl)c[14cH]c2O1. The molecule has 0 spiro atoms. The number of hydrogen-bond donors (Lipinski definition) is 2. The van der Waals surface area contributed by atoms with Gasteiger partial charge in [-0.25, -0.2) is 5.14 Å². The molecule has 1 atom stereocenters. The van der Waals surface area contributed by atoms with Crippen molar-refractivity contribution in [1.29, 1.82) is 0 Å². The Bertz CT molecular complexity index is 520. The van der Waals surface area contributed by atoms with Crippen molar-refractivity contribution < 1.29 is 17.9 Å². The molecule has 0 aliphatic carbocycles. The minimum Gasteiger partial charge on any atom is -0.486 e. The number of hydrogen-bond acceptors (Lipinski definition) is 4. The number of halogens is 1. The summed E-state index contributed by atoms with van der Waals surface area (Å²) in [7, 11) is -3.71. The largest absolute Gasteiger partial charge is 0.486 e. The maximum Gasteiger partial charge on any atom is 0.274 e. The summed E-state index contributed by atoms with van der Waals surface area (Å²) in [5.74, 6) is 1.08. The molecule has 1 aromatic rings. The van der Waals surface area contributed by atoms with E-state index >= 15 is 0 Å². The van der Waals surface area contributed by atoms with Crippen LogP contribution in [0.25, 0.3) is 0 Å². The van der Waals surface area contributed by atoms with Gasteiger partial charge in [0.05, 0.1) is 6.54 Å². The van der Waals surface area contributed by atoms with Gasteiger partial charge in [-0.1, -0.05) is 11.6 Å². The molecule has 1 aliphatic heterocycles. The normalized spacial score (nSPS) is 19.1. The summed E-state index contributed by atoms with van der Waals surface area (Å²) in [6.45, 7) is 0.288. The summed E-state index contributed by atoms with van der Waals surface area (Å²) in [6, 6.07) is 4.97. The van der Waals surface area contributed by atoms with E-state index in [0.717, 1.165) is 0 Å². The smallest absolute Gasteiger partial charge is 0.274 e. The lowest BCUT2D eigenvalue weighted by molar-refractivity contribution is 0.0943. The molecule has 0 bridgehead atoms. The molecule has 0 saturated carbocycles. The number of rotatable bonds is 3. The zero-order valence-electron chi connectivity index (χ0n) is 8.72. The summed E-state index contributed by atoms with van der Waals surface area (Å²) in [4.78, 5) is 0. The minimum atomic E-state index is -3.71. The fourth-order valence-corrected chi connectivity index (χ4v) is 1.98. The lowest BCUT2D eigenvalue weighted by Crippen LogP contribution is -2.42. The van der Waals surface area contributed by atoms with Crippen molar-refractivity contribution >= 4 is 21.8 Å². The molecule has 0 saturated heterocycles. The Labute approximate surface area is 104 Å². The molecule has 0 radical (unpaired) electrons. The second kappa shape index (κ2) is 4.69. The van der Waals surface area contributed by atoms with E-state index in [1.54, 1.807) is 18.2 Å². The van der Waals surface area contributed by atoms with Crippen molar-refractivity contribution in [1.82, 2.24) is 4.72 Å². The van der Waals surface area contributed by atoms with Crippen LogP contribution in [0.1, 0.15) is 0 Å². The van der Waals surface area contributed by atoms with E-state index in [-0.39, 0.29) is 13.2 Å². The van der Waals surface area contributed by atoms with Crippen LogP contribution < -0.4 is 19.3 Å². The van der Waals surface area contributed by atoms with Gasteiger partial charge in [-0.2, -0.15) is 13.1 Å². The van der Waals surface area contributed by atoms with Crippen LogP contribution in [0.4, 0.5) is 0 Å². The van der Waals surface area contributed by atoms with Crippen LogP contribution in [0.2, 0.25) is 5.02 Å². The van der Waals surface area contributed by atoms with Gasteiger partial charge in [0.25, 0.3) is 10.2 Å². The fraction of sp³-hybridized carbons (Fsp3) is 0.333. The highest BCUT2D eigenvalue weighted by Crippen LogP contribution is 2.33. The lowest BCUT2D eigenvalue weighted by Gasteiger charge is -2.26. The Morgan fingerprint density at radius 3 is 3.12 bits per heavy atom. The molecule has 1 aromatic carbocycles. The van der Waals surface area contributed by atoms with E-state index in [1.165, 1.54) is 0 Å². The van der Waals surface area contributed by atoms with Crippen molar-refractivity contribution in [2.45, 2.75) is 6.10 Å². The highest BCUT2D eigenvalue weighted by Gasteiger charge is 2.22. The van der Waals surface area contributed by atoms with Gasteiger partial charge >= 0.3 is 0 Å². The topological polar surface area (TPSA) is 90.7 Å². The predicted octanol–water partition coefficient (Wildman–Crippen LogP) is 0.273. The van der Waals surface area contributed by atoms with Crippen LogP contribution in [0.15, 0.2) is 18.2 Å². The maximum atomic E-state index is 10.7. The Balaban J connectivity index is 2.01. The number of nitrogens with one attached hydrogen (secondary N) is 1. The van der Waals surface area contributed by atoms with E-state index in [1.807, 2.05) is 0 Å². The molecule has 2 rings (SSSR count). The summed E-state index contributed by atoms with van der Waals surface area (Å²) in [5, 5.41) is 5.36. The van der Waals surface area contributed by atoms with Gasteiger partial charge < -0.3 is 9.47 Å². The Morgan fingerprint density at radius 2 is 2.41 bits per heavy atom. The standard InChI is InChI=1S/C9H11ClN2O4S/c10-6-1-2-8-9(3-6)15-5-7(16-8)4-12-17(11,13)14/h1-3,7,12H,4-5H2,(H2,11,13,14)/i2+2. The second-order valence-corrected chi connectivity index (χ2v) is 5.35. The molecule has 1 heterocycles. The number of benzene rings is 1. The Kier molecular flexibility index (Phi) is 3.43. The van der Waals surface area contributed by atoms with Gasteiger partial charge in [0, 0.05) is 11.1 Å². The molecule has 1 unspecified atom stereocenters. The molecule has 3 N–H and O–H groups in total. The molecule has 0 fully saturated rings. The molecule has 94 valence electrons. The van der Waals surface area contributed by atoms with Crippen LogP contribution in [0, 0.1) is 0 Å². The summed E-state index contributed by atoms with van der Waals surface area (Å²) in [6.07, 6.45) is -0.415. The average Bonchev–Trinajstić information content (AvgIpc) is 2.25. The van der Waals surface area contributed by atoms with Crippen LogP contribution in [0.5, 0.6) is 11.5 Å². The van der Waals surface area contributed by atoms with Crippen LogP contribution in [0.3, 0.4) is 0 Å². The zero-order chi connectivity index (χ0) is 12.5. The fourth-order valence-electron chi connectivity index (χ4n) is 1.40. The molecule has 8 heteroatoms. The van der Waals surface area contributed by atoms with E-state index < -0.39 is 16.3 Å². The molecule has 0 aromatic heterocycles. The first-order valence-corrected chi connectivity index (χ1v) is 6.73. The monoisotopic (exact) mass is 280 g/mol. The first-order valence-electron chi connectivity index (χ1n) is 4.80. The van der Waals surface area contributed by atoms with Crippen LogP contribution >= 0.6 is 11.6 Å². The van der Waals surface area contributed by atoms with Gasteiger partial charge in [-0.15, -0.1) is 0 Å². The number of ether oxygens (including phenoxy) is 2. The van der Waals surface area contributed by atoms with Gasteiger partial charge in [-0.05, 0) is 12.1 Å². The minimum absolute atomic E-state index is 0.0564. The molecular formula is C9H11ClN2O4S. The predicted molar refractivity (Wildman–Crippen MR) is 62.5 cm³/mol.